The Morgan fingerprint density at radius 3 is 1.60 bits per heavy atom. The molecule has 0 rings (SSSR count). The Kier molecular flexibility index (Phi) is 7.53. The summed E-state index contributed by atoms with van der Waals surface area (Å²) in [6.45, 7) is -0.0219. The molecule has 0 spiro atoms. The molecular weight excluding hydrogens is 158 g/mol. The van der Waals surface area contributed by atoms with Crippen LogP contribution in [0.3, 0.4) is 0 Å². The van der Waals surface area contributed by atoms with E-state index in [4.69, 9.17) is 11.5 Å². The summed E-state index contributed by atoms with van der Waals surface area (Å²) in [5, 5.41) is 2.44. The lowest BCUT2D eigenvalue weighted by molar-refractivity contribution is -0.118. The van der Waals surface area contributed by atoms with E-state index in [9.17, 15) is 9.59 Å². The van der Waals surface area contributed by atoms with E-state index in [2.05, 4.69) is 5.32 Å². The van der Waals surface area contributed by atoms with Gasteiger partial charge in [0.1, 0.15) is 0 Å². The van der Waals surface area contributed by atoms with Gasteiger partial charge < -0.3 is 11.5 Å². The van der Waals surface area contributed by atoms with Crippen molar-refractivity contribution in [3.05, 3.63) is 0 Å². The molecule has 5 nitrogen and oxygen atoms in total. The third-order valence-corrected chi connectivity index (χ3v) is 0.598. The van der Waals surface area contributed by atoms with Gasteiger partial charge in [-0.3, -0.25) is 14.9 Å². The first-order chi connectivity index (χ1) is 4.13. The lowest BCUT2D eigenvalue weighted by Crippen LogP contribution is -2.35. The lowest BCUT2D eigenvalue weighted by atomic mass is 10.5. The van der Waals surface area contributed by atoms with Crippen LogP contribution in [-0.4, -0.2) is 24.9 Å². The summed E-state index contributed by atoms with van der Waals surface area (Å²) in [6, 6.07) is 0. The fourth-order valence-electron chi connectivity index (χ4n) is 0.309. The molecule has 0 aromatic heterocycles. The lowest BCUT2D eigenvalue weighted by Gasteiger charge is -1.94. The Balaban J connectivity index is 0. The largest absolute Gasteiger partial charge is 0.369 e. The molecule has 0 fully saturated rings. The molecule has 0 aliphatic carbocycles. The van der Waals surface area contributed by atoms with E-state index < -0.39 is 11.8 Å². The molecule has 0 unspecified atom stereocenters. The first-order valence-electron chi connectivity index (χ1n) is 2.40. The SMILES string of the molecule is Cl.NC(=O)CNCC(N)=O. The maximum atomic E-state index is 9.99. The van der Waals surface area contributed by atoms with Gasteiger partial charge in [0, 0.05) is 0 Å². The van der Waals surface area contributed by atoms with E-state index in [1.807, 2.05) is 0 Å². The summed E-state index contributed by atoms with van der Waals surface area (Å²) in [6.07, 6.45) is 0. The molecule has 0 aromatic rings. The maximum absolute atomic E-state index is 9.99. The van der Waals surface area contributed by atoms with Gasteiger partial charge in [-0.25, -0.2) is 0 Å². The number of hydrogen-bond acceptors (Lipinski definition) is 3. The van der Waals surface area contributed by atoms with E-state index in [1.54, 1.807) is 0 Å². The van der Waals surface area contributed by atoms with E-state index in [-0.39, 0.29) is 25.5 Å². The van der Waals surface area contributed by atoms with E-state index in [0.29, 0.717) is 0 Å². The van der Waals surface area contributed by atoms with Crippen LogP contribution in [0.5, 0.6) is 0 Å². The Hall–Kier alpha value is -0.810. The molecule has 0 bridgehead atoms. The van der Waals surface area contributed by atoms with Crippen LogP contribution in [0.25, 0.3) is 0 Å². The Morgan fingerprint density at radius 1 is 1.10 bits per heavy atom. The highest BCUT2D eigenvalue weighted by Crippen LogP contribution is 1.56. The number of nitrogens with two attached hydrogens (primary N) is 2. The molecule has 0 atom stereocenters. The van der Waals surface area contributed by atoms with Gasteiger partial charge in [-0.2, -0.15) is 0 Å². The molecule has 0 radical (unpaired) electrons. The predicted molar refractivity (Wildman–Crippen MR) is 38.5 cm³/mol. The second-order valence-corrected chi connectivity index (χ2v) is 1.54. The predicted octanol–water partition coefficient (Wildman–Crippen LogP) is -2.03. The fourth-order valence-corrected chi connectivity index (χ4v) is 0.309. The fraction of sp³-hybridized carbons (Fsp3) is 0.500. The van der Waals surface area contributed by atoms with Crippen molar-refractivity contribution in [2.75, 3.05) is 13.1 Å². The molecule has 0 saturated heterocycles. The monoisotopic (exact) mass is 167 g/mol. The summed E-state index contributed by atoms with van der Waals surface area (Å²) in [5.41, 5.74) is 9.45. The quantitative estimate of drug-likeness (QED) is 0.450. The molecule has 0 aromatic carbocycles. The molecule has 10 heavy (non-hydrogen) atoms. The Labute approximate surface area is 64.5 Å². The average molecular weight is 168 g/mol. The minimum absolute atomic E-state index is 0. The molecule has 0 aliphatic rings. The number of halogens is 1. The van der Waals surface area contributed by atoms with Crippen molar-refractivity contribution in [1.82, 2.24) is 5.32 Å². The summed E-state index contributed by atoms with van der Waals surface area (Å²) in [7, 11) is 0. The van der Waals surface area contributed by atoms with Crippen LogP contribution in [0, 0.1) is 0 Å². The van der Waals surface area contributed by atoms with Crippen LogP contribution in [0.2, 0.25) is 0 Å². The van der Waals surface area contributed by atoms with E-state index in [1.165, 1.54) is 0 Å². The standard InChI is InChI=1S/C4H9N3O2.ClH/c5-3(8)1-7-2-4(6)9;/h7H,1-2H2,(H2,5,8)(H2,6,9);1H. The van der Waals surface area contributed by atoms with Crippen LogP contribution in [-0.2, 0) is 9.59 Å². The summed E-state index contributed by atoms with van der Waals surface area (Å²) < 4.78 is 0. The van der Waals surface area contributed by atoms with Crippen molar-refractivity contribution in [3.63, 3.8) is 0 Å². The van der Waals surface area contributed by atoms with Crippen molar-refractivity contribution in [3.8, 4) is 0 Å². The van der Waals surface area contributed by atoms with Gasteiger partial charge in [0.25, 0.3) is 0 Å². The topological polar surface area (TPSA) is 98.2 Å². The van der Waals surface area contributed by atoms with Gasteiger partial charge in [-0.1, -0.05) is 0 Å². The molecule has 0 heterocycles. The van der Waals surface area contributed by atoms with Crippen molar-refractivity contribution >= 4 is 24.2 Å². The third-order valence-electron chi connectivity index (χ3n) is 0.598. The summed E-state index contributed by atoms with van der Waals surface area (Å²) in [5.74, 6) is -1.01. The highest BCUT2D eigenvalue weighted by Gasteiger charge is 1.94. The maximum Gasteiger partial charge on any atom is 0.231 e. The van der Waals surface area contributed by atoms with Gasteiger partial charge in [-0.05, 0) is 0 Å². The van der Waals surface area contributed by atoms with Gasteiger partial charge in [0.2, 0.25) is 11.8 Å². The molecular formula is C4H10ClN3O2. The highest BCUT2D eigenvalue weighted by molar-refractivity contribution is 5.85. The number of carbonyl (C=O) groups is 2. The van der Waals surface area contributed by atoms with Gasteiger partial charge in [0.15, 0.2) is 0 Å². The van der Waals surface area contributed by atoms with Crippen LogP contribution in [0.15, 0.2) is 0 Å². The van der Waals surface area contributed by atoms with E-state index in [0.717, 1.165) is 0 Å². The number of amides is 2. The van der Waals surface area contributed by atoms with Gasteiger partial charge in [0.05, 0.1) is 13.1 Å². The second kappa shape index (κ2) is 6.31. The van der Waals surface area contributed by atoms with Crippen molar-refractivity contribution in [2.45, 2.75) is 0 Å². The van der Waals surface area contributed by atoms with Crippen LogP contribution < -0.4 is 16.8 Å². The Bertz CT molecular complexity index is 114. The zero-order chi connectivity index (χ0) is 7.28. The second-order valence-electron chi connectivity index (χ2n) is 1.54. The van der Waals surface area contributed by atoms with Crippen molar-refractivity contribution in [2.24, 2.45) is 11.5 Å². The Morgan fingerprint density at radius 2 is 1.40 bits per heavy atom. The zero-order valence-corrected chi connectivity index (χ0v) is 6.11. The zero-order valence-electron chi connectivity index (χ0n) is 5.29. The van der Waals surface area contributed by atoms with Crippen LogP contribution in [0.4, 0.5) is 0 Å². The molecule has 0 saturated carbocycles. The first-order valence-corrected chi connectivity index (χ1v) is 2.40. The number of nitrogens with one attached hydrogen (secondary N) is 1. The molecule has 5 N–H and O–H groups in total. The minimum Gasteiger partial charge on any atom is -0.369 e. The van der Waals surface area contributed by atoms with Crippen LogP contribution in [0.1, 0.15) is 0 Å². The smallest absolute Gasteiger partial charge is 0.231 e. The average Bonchev–Trinajstić information content (AvgIpc) is 1.63. The van der Waals surface area contributed by atoms with Gasteiger partial charge in [-0.15, -0.1) is 12.4 Å². The molecule has 0 aliphatic heterocycles. The van der Waals surface area contributed by atoms with Crippen LogP contribution >= 0.6 is 12.4 Å². The first kappa shape index (κ1) is 11.9. The highest BCUT2D eigenvalue weighted by atomic mass is 35.5. The van der Waals surface area contributed by atoms with Crippen molar-refractivity contribution in [1.29, 1.82) is 0 Å². The number of rotatable bonds is 4. The molecule has 2 amide bonds. The molecule has 60 valence electrons. The third kappa shape index (κ3) is 10.2. The molecule has 6 heteroatoms. The van der Waals surface area contributed by atoms with E-state index >= 15 is 0 Å². The van der Waals surface area contributed by atoms with Gasteiger partial charge >= 0.3 is 0 Å². The minimum atomic E-state index is -0.503. The normalized spacial score (nSPS) is 8.00. The summed E-state index contributed by atoms with van der Waals surface area (Å²) >= 11 is 0. The number of hydrogen-bond donors (Lipinski definition) is 3. The summed E-state index contributed by atoms with van der Waals surface area (Å²) in [4.78, 5) is 20.0. The number of carbonyl (C=O) groups excluding carboxylic acids is 2. The van der Waals surface area contributed by atoms with Crippen molar-refractivity contribution < 1.29 is 9.59 Å². The number of primary amides is 2.